The molecule has 47 heavy (non-hydrogen) atoms. The molecule has 5 heterocycles. The van der Waals surface area contributed by atoms with Crippen LogP contribution in [0.15, 0.2) is 23.2 Å². The number of rotatable bonds is 9. The van der Waals surface area contributed by atoms with Crippen LogP contribution in [0.1, 0.15) is 88.1 Å². The van der Waals surface area contributed by atoms with Gasteiger partial charge in [-0.2, -0.15) is 20.2 Å². The van der Waals surface area contributed by atoms with Gasteiger partial charge in [-0.3, -0.25) is 9.69 Å². The van der Waals surface area contributed by atoms with E-state index in [1.165, 1.54) is 17.4 Å². The maximum atomic E-state index is 12.8. The van der Waals surface area contributed by atoms with Crippen molar-refractivity contribution in [2.24, 2.45) is 0 Å². The Kier molecular flexibility index (Phi) is 9.27. The van der Waals surface area contributed by atoms with Gasteiger partial charge in [0, 0.05) is 47.7 Å². The van der Waals surface area contributed by atoms with Gasteiger partial charge in [0.15, 0.2) is 0 Å². The summed E-state index contributed by atoms with van der Waals surface area (Å²) in [5.74, 6) is 1.39. The number of aryl methyl sites for hydroxylation is 1. The molecule has 0 spiro atoms. The summed E-state index contributed by atoms with van der Waals surface area (Å²) in [7, 11) is 2.12. The number of nitrogens with zero attached hydrogens (tertiary/aromatic N) is 8. The number of carbonyl (C=O) groups is 1. The van der Waals surface area contributed by atoms with E-state index in [4.69, 9.17) is 29.9 Å². The molecule has 1 aliphatic carbocycles. The first kappa shape index (κ1) is 32.9. The number of amides is 1. The van der Waals surface area contributed by atoms with Crippen LogP contribution in [0.5, 0.6) is 6.01 Å². The Labute approximate surface area is 280 Å². The average Bonchev–Trinajstić information content (AvgIpc) is 3.79. The second kappa shape index (κ2) is 13.2. The number of hydrogen-bond donors (Lipinski definition) is 1. The number of fused-ring (bicyclic) bond motifs is 1. The smallest absolute Gasteiger partial charge is 0.319 e. The van der Waals surface area contributed by atoms with E-state index >= 15 is 0 Å². The third-order valence-corrected chi connectivity index (χ3v) is 11.2. The molecule has 2 aliphatic heterocycles. The Balaban J connectivity index is 1.38. The number of thiophene rings is 1. The van der Waals surface area contributed by atoms with Crippen molar-refractivity contribution in [3.05, 3.63) is 40.6 Å². The number of aromatic nitrogens is 4. The molecule has 3 aromatic heterocycles. The van der Waals surface area contributed by atoms with Crippen LogP contribution in [0.3, 0.4) is 0 Å². The second-order valence-electron chi connectivity index (χ2n) is 13.4. The highest BCUT2D eigenvalue weighted by Crippen LogP contribution is 2.48. The normalized spacial score (nSPS) is 25.3. The molecule has 0 aromatic carbocycles. The molecule has 1 amide bonds. The quantitative estimate of drug-likeness (QED) is 0.311. The van der Waals surface area contributed by atoms with Crippen LogP contribution in [-0.4, -0.2) is 86.7 Å². The Morgan fingerprint density at radius 1 is 1.34 bits per heavy atom. The van der Waals surface area contributed by atoms with Crippen LogP contribution in [0.2, 0.25) is 0 Å². The fraction of sp³-hybridized carbons (Fsp3) is 0.588. The molecule has 2 N–H and O–H groups in total. The van der Waals surface area contributed by atoms with Gasteiger partial charge in [0.2, 0.25) is 17.6 Å². The number of likely N-dealkylation sites (tertiary alicyclic amines) is 1. The first-order valence-electron chi connectivity index (χ1n) is 16.7. The van der Waals surface area contributed by atoms with Gasteiger partial charge in [0.1, 0.15) is 28.7 Å². The number of nitriles is 1. The molecule has 5 atom stereocenters. The number of nitrogens with two attached hydrogens (primary N) is 1. The van der Waals surface area contributed by atoms with Gasteiger partial charge < -0.3 is 24.8 Å². The summed E-state index contributed by atoms with van der Waals surface area (Å²) in [5, 5.41) is 14.9. The summed E-state index contributed by atoms with van der Waals surface area (Å²) < 4.78 is 12.4. The molecule has 0 bridgehead atoms. The van der Waals surface area contributed by atoms with E-state index in [9.17, 15) is 10.1 Å². The number of carbonyl (C=O) groups excluding carboxylic acids is 1. The van der Waals surface area contributed by atoms with E-state index in [1.807, 2.05) is 17.9 Å². The molecular weight excluding hydrogens is 615 g/mol. The predicted molar refractivity (Wildman–Crippen MR) is 181 cm³/mol. The van der Waals surface area contributed by atoms with Crippen LogP contribution < -0.4 is 15.4 Å². The van der Waals surface area contributed by atoms with Gasteiger partial charge >= 0.3 is 6.01 Å². The fourth-order valence-electron chi connectivity index (χ4n) is 7.81. The minimum atomic E-state index is -0.647. The van der Waals surface area contributed by atoms with Crippen molar-refractivity contribution in [3.63, 3.8) is 0 Å². The molecule has 6 rings (SSSR count). The standard InChI is InChI=1S/C34H45N9O3S/c1-7-11-22-19-42(18-20(3)43(22)28(44)8-2)27-16-24(37-33(38-27)45-21(4)25-12-10-15-41(25)6)31-39-32(46-40-31)34(5)14-9-13-26-29(34)23(17-35)30(36)47-26/h8,16,20-22,25H,2,7,9-15,18-19,36H2,1,3-6H3/t20?,21-,22?,25-,34-/m0/s1. The lowest BCUT2D eigenvalue weighted by atomic mass is 9.72. The lowest BCUT2D eigenvalue weighted by Gasteiger charge is -2.46. The molecule has 0 saturated carbocycles. The molecule has 2 fully saturated rings. The maximum Gasteiger partial charge on any atom is 0.319 e. The first-order chi connectivity index (χ1) is 22.6. The van der Waals surface area contributed by atoms with E-state index in [-0.39, 0.29) is 36.1 Å². The highest BCUT2D eigenvalue weighted by atomic mass is 32.1. The van der Waals surface area contributed by atoms with Gasteiger partial charge in [-0.15, -0.1) is 11.3 Å². The van der Waals surface area contributed by atoms with Crippen LogP contribution in [0.25, 0.3) is 11.5 Å². The van der Waals surface area contributed by atoms with Gasteiger partial charge in [0.25, 0.3) is 0 Å². The zero-order valence-corrected chi connectivity index (χ0v) is 28.8. The number of nitrogen functional groups attached to an aromatic ring is 1. The van der Waals surface area contributed by atoms with Crippen LogP contribution in [-0.2, 0) is 16.6 Å². The Morgan fingerprint density at radius 2 is 2.15 bits per heavy atom. The molecule has 3 aliphatic rings. The highest BCUT2D eigenvalue weighted by molar-refractivity contribution is 7.16. The number of ether oxygens (including phenoxy) is 1. The van der Waals surface area contributed by atoms with Crippen molar-refractivity contribution in [1.29, 1.82) is 5.26 Å². The summed E-state index contributed by atoms with van der Waals surface area (Å²) in [5.41, 5.74) is 7.50. The third kappa shape index (κ3) is 6.09. The van der Waals surface area contributed by atoms with Gasteiger partial charge in [-0.1, -0.05) is 25.1 Å². The number of likely N-dealkylation sites (N-methyl/N-ethyl adjacent to an activating group) is 1. The summed E-state index contributed by atoms with van der Waals surface area (Å²) >= 11 is 1.47. The van der Waals surface area contributed by atoms with E-state index in [0.717, 1.165) is 61.9 Å². The van der Waals surface area contributed by atoms with Crippen LogP contribution in [0.4, 0.5) is 10.8 Å². The van der Waals surface area contributed by atoms with E-state index in [0.29, 0.717) is 46.9 Å². The fourth-order valence-corrected chi connectivity index (χ4v) is 9.01. The van der Waals surface area contributed by atoms with Crippen molar-refractivity contribution in [2.45, 2.75) is 102 Å². The topological polar surface area (TPSA) is 151 Å². The van der Waals surface area contributed by atoms with Crippen molar-refractivity contribution in [1.82, 2.24) is 29.9 Å². The molecule has 0 radical (unpaired) electrons. The van der Waals surface area contributed by atoms with Crippen molar-refractivity contribution < 1.29 is 14.1 Å². The van der Waals surface area contributed by atoms with Crippen molar-refractivity contribution in [2.75, 3.05) is 37.3 Å². The van der Waals surface area contributed by atoms with Crippen LogP contribution >= 0.6 is 11.3 Å². The lowest BCUT2D eigenvalue weighted by molar-refractivity contribution is -0.131. The Bertz CT molecular complexity index is 1680. The minimum Gasteiger partial charge on any atom is -0.459 e. The van der Waals surface area contributed by atoms with Crippen molar-refractivity contribution in [3.8, 4) is 23.6 Å². The summed E-state index contributed by atoms with van der Waals surface area (Å²) in [6.07, 6.45) is 7.80. The number of piperazine rings is 1. The zero-order valence-electron chi connectivity index (χ0n) is 28.0. The second-order valence-corrected chi connectivity index (χ2v) is 14.6. The number of anilines is 2. The van der Waals surface area contributed by atoms with Crippen LogP contribution in [0, 0.1) is 11.3 Å². The predicted octanol–water partition coefficient (Wildman–Crippen LogP) is 4.94. The largest absolute Gasteiger partial charge is 0.459 e. The molecule has 3 aromatic rings. The summed E-state index contributed by atoms with van der Waals surface area (Å²) in [6, 6.07) is 4.66. The molecule has 2 saturated heterocycles. The highest BCUT2D eigenvalue weighted by Gasteiger charge is 2.43. The first-order valence-corrected chi connectivity index (χ1v) is 17.5. The zero-order chi connectivity index (χ0) is 33.5. The number of hydrogen-bond acceptors (Lipinski definition) is 12. The molecule has 12 nitrogen and oxygen atoms in total. The summed E-state index contributed by atoms with van der Waals surface area (Å²) in [4.78, 5) is 35.0. The maximum absolute atomic E-state index is 12.8. The minimum absolute atomic E-state index is 0.00713. The van der Waals surface area contributed by atoms with Gasteiger partial charge in [0.05, 0.1) is 11.0 Å². The SMILES string of the molecule is C=CC(=O)N1C(C)CN(c2cc(-c3noc([C@@]4(C)CCCc5sc(N)c(C#N)c54)n3)nc(O[C@@H](C)[C@@H]3CCCN3C)n2)CC1CCC. The van der Waals surface area contributed by atoms with Gasteiger partial charge in [-0.05, 0) is 79.0 Å². The average molecular weight is 660 g/mol. The monoisotopic (exact) mass is 659 g/mol. The molecule has 13 heteroatoms. The van der Waals surface area contributed by atoms with E-state index < -0.39 is 5.41 Å². The van der Waals surface area contributed by atoms with Crippen molar-refractivity contribution >= 4 is 28.1 Å². The Morgan fingerprint density at radius 3 is 2.85 bits per heavy atom. The van der Waals surface area contributed by atoms with Gasteiger partial charge in [-0.25, -0.2) is 0 Å². The molecule has 2 unspecified atom stereocenters. The third-order valence-electron chi connectivity index (χ3n) is 10.1. The van der Waals surface area contributed by atoms with E-state index in [2.05, 4.69) is 55.4 Å². The molecule has 250 valence electrons. The summed E-state index contributed by atoms with van der Waals surface area (Å²) in [6.45, 7) is 14.3. The van der Waals surface area contributed by atoms with E-state index in [1.54, 1.807) is 0 Å². The Hall–Kier alpha value is -4.02. The lowest BCUT2D eigenvalue weighted by Crippen LogP contribution is -2.59. The molecular formula is C34H45N9O3S.